The monoisotopic (exact) mass is 236 g/mol. The molecule has 0 amide bonds. The van der Waals surface area contributed by atoms with Gasteiger partial charge >= 0.3 is 5.97 Å². The summed E-state index contributed by atoms with van der Waals surface area (Å²) >= 11 is 0. The highest BCUT2D eigenvalue weighted by atomic mass is 16.5. The van der Waals surface area contributed by atoms with E-state index in [-0.39, 0.29) is 12.0 Å². The zero-order valence-electron chi connectivity index (χ0n) is 9.76. The van der Waals surface area contributed by atoms with Gasteiger partial charge in [0.15, 0.2) is 6.04 Å². The molecule has 92 valence electrons. The average molecular weight is 236 g/mol. The largest absolute Gasteiger partial charge is 0.467 e. The minimum absolute atomic E-state index is 0.276. The molecule has 2 rings (SSSR count). The Bertz CT molecular complexity index is 391. The van der Waals surface area contributed by atoms with Crippen molar-refractivity contribution in [2.75, 3.05) is 37.5 Å². The molecule has 0 aliphatic carbocycles. The topological polar surface area (TPSA) is 64.8 Å². The molecule has 1 unspecified atom stereocenters. The van der Waals surface area contributed by atoms with E-state index in [0.29, 0.717) is 25.4 Å². The van der Waals surface area contributed by atoms with Crippen molar-refractivity contribution in [3.8, 4) is 0 Å². The predicted molar refractivity (Wildman–Crippen MR) is 64.8 cm³/mol. The van der Waals surface area contributed by atoms with E-state index in [1.165, 1.54) is 7.11 Å². The number of nitrogens with zero attached hydrogens (tertiary/aromatic N) is 1. The number of morpholine rings is 1. The van der Waals surface area contributed by atoms with Crippen molar-refractivity contribution in [3.05, 3.63) is 24.3 Å². The molecular weight excluding hydrogens is 220 g/mol. The number of hydrogen-bond donors (Lipinski definition) is 1. The molecule has 0 saturated carbocycles. The molecule has 1 aliphatic heterocycles. The second-order valence-electron chi connectivity index (χ2n) is 3.90. The van der Waals surface area contributed by atoms with Crippen molar-refractivity contribution in [2.45, 2.75) is 6.04 Å². The van der Waals surface area contributed by atoms with Crippen LogP contribution in [-0.2, 0) is 14.3 Å². The maximum atomic E-state index is 11.6. The summed E-state index contributed by atoms with van der Waals surface area (Å²) in [4.78, 5) is 13.6. The Balaban J connectivity index is 2.21. The number of carbonyl (C=O) groups is 1. The van der Waals surface area contributed by atoms with E-state index in [9.17, 15) is 4.79 Å². The Labute approximate surface area is 100 Å². The van der Waals surface area contributed by atoms with Crippen molar-refractivity contribution in [1.29, 1.82) is 0 Å². The molecule has 17 heavy (non-hydrogen) atoms. The van der Waals surface area contributed by atoms with Crippen LogP contribution in [0, 0.1) is 0 Å². The summed E-state index contributed by atoms with van der Waals surface area (Å²) in [5.74, 6) is -0.276. The van der Waals surface area contributed by atoms with Gasteiger partial charge in [-0.05, 0) is 24.3 Å². The molecule has 1 atom stereocenters. The van der Waals surface area contributed by atoms with Crippen LogP contribution in [0.5, 0.6) is 0 Å². The van der Waals surface area contributed by atoms with Gasteiger partial charge in [-0.15, -0.1) is 0 Å². The van der Waals surface area contributed by atoms with Crippen LogP contribution in [0.15, 0.2) is 24.3 Å². The maximum Gasteiger partial charge on any atom is 0.330 e. The van der Waals surface area contributed by atoms with Crippen LogP contribution in [0.1, 0.15) is 0 Å². The number of hydrogen-bond acceptors (Lipinski definition) is 5. The van der Waals surface area contributed by atoms with E-state index >= 15 is 0 Å². The molecule has 1 saturated heterocycles. The Morgan fingerprint density at radius 2 is 2.18 bits per heavy atom. The molecule has 0 bridgehead atoms. The van der Waals surface area contributed by atoms with Crippen LogP contribution in [0.3, 0.4) is 0 Å². The van der Waals surface area contributed by atoms with Crippen molar-refractivity contribution < 1.29 is 14.3 Å². The lowest BCUT2D eigenvalue weighted by molar-refractivity contribution is -0.144. The van der Waals surface area contributed by atoms with Crippen LogP contribution in [0.4, 0.5) is 11.4 Å². The fraction of sp³-hybridized carbons (Fsp3) is 0.417. The van der Waals surface area contributed by atoms with E-state index < -0.39 is 0 Å². The Hall–Kier alpha value is -1.75. The summed E-state index contributed by atoms with van der Waals surface area (Å²) in [7, 11) is 1.39. The standard InChI is InChI=1S/C12H16N2O3/c1-16-12(15)11-8-17-7-6-14(11)10-4-2-9(13)3-5-10/h2-5,11H,6-8,13H2,1H3. The number of esters is 1. The molecule has 1 aromatic rings. The third-order valence-electron chi connectivity index (χ3n) is 2.83. The lowest BCUT2D eigenvalue weighted by atomic mass is 10.2. The van der Waals surface area contributed by atoms with Crippen molar-refractivity contribution in [1.82, 2.24) is 0 Å². The highest BCUT2D eigenvalue weighted by Crippen LogP contribution is 2.21. The molecule has 1 heterocycles. The van der Waals surface area contributed by atoms with Gasteiger partial charge in [0.25, 0.3) is 0 Å². The van der Waals surface area contributed by atoms with Gasteiger partial charge in [-0.3, -0.25) is 0 Å². The second-order valence-corrected chi connectivity index (χ2v) is 3.90. The van der Waals surface area contributed by atoms with Crippen molar-refractivity contribution >= 4 is 17.3 Å². The first kappa shape index (κ1) is 11.7. The smallest absolute Gasteiger partial charge is 0.330 e. The van der Waals surface area contributed by atoms with Crippen LogP contribution in [0.2, 0.25) is 0 Å². The average Bonchev–Trinajstić information content (AvgIpc) is 2.39. The van der Waals surface area contributed by atoms with Crippen LogP contribution in [-0.4, -0.2) is 38.9 Å². The SMILES string of the molecule is COC(=O)C1COCCN1c1ccc(N)cc1. The van der Waals surface area contributed by atoms with Gasteiger partial charge in [0.05, 0.1) is 20.3 Å². The number of methoxy groups -OCH3 is 1. The highest BCUT2D eigenvalue weighted by molar-refractivity contribution is 5.80. The second kappa shape index (κ2) is 5.05. The highest BCUT2D eigenvalue weighted by Gasteiger charge is 2.30. The molecule has 1 fully saturated rings. The van der Waals surface area contributed by atoms with Gasteiger partial charge < -0.3 is 20.1 Å². The molecule has 5 heteroatoms. The van der Waals surface area contributed by atoms with E-state index in [1.807, 2.05) is 29.2 Å². The summed E-state index contributed by atoms with van der Waals surface area (Å²) < 4.78 is 10.1. The third-order valence-corrected chi connectivity index (χ3v) is 2.83. The summed E-state index contributed by atoms with van der Waals surface area (Å²) in [6, 6.07) is 7.06. The molecule has 1 aliphatic rings. The molecule has 2 N–H and O–H groups in total. The first-order valence-electron chi connectivity index (χ1n) is 5.50. The normalized spacial score (nSPS) is 20.1. The zero-order chi connectivity index (χ0) is 12.3. The van der Waals surface area contributed by atoms with E-state index in [4.69, 9.17) is 15.2 Å². The lowest BCUT2D eigenvalue weighted by Crippen LogP contribution is -2.50. The fourth-order valence-electron chi connectivity index (χ4n) is 1.91. The minimum atomic E-state index is -0.377. The minimum Gasteiger partial charge on any atom is -0.467 e. The Morgan fingerprint density at radius 1 is 1.47 bits per heavy atom. The summed E-state index contributed by atoms with van der Waals surface area (Å²) in [5.41, 5.74) is 7.30. The van der Waals surface area contributed by atoms with Crippen LogP contribution in [0.25, 0.3) is 0 Å². The Kier molecular flexibility index (Phi) is 3.49. The molecular formula is C12H16N2O3. The van der Waals surface area contributed by atoms with Crippen molar-refractivity contribution in [2.24, 2.45) is 0 Å². The number of benzene rings is 1. The number of anilines is 2. The quantitative estimate of drug-likeness (QED) is 0.603. The summed E-state index contributed by atoms with van der Waals surface area (Å²) in [6.45, 7) is 1.64. The molecule has 0 spiro atoms. The lowest BCUT2D eigenvalue weighted by Gasteiger charge is -2.35. The number of rotatable bonds is 2. The van der Waals surface area contributed by atoms with E-state index in [2.05, 4.69) is 0 Å². The van der Waals surface area contributed by atoms with Gasteiger partial charge in [-0.25, -0.2) is 4.79 Å². The first-order valence-corrected chi connectivity index (χ1v) is 5.50. The molecule has 0 aromatic heterocycles. The first-order chi connectivity index (χ1) is 8.22. The van der Waals surface area contributed by atoms with E-state index in [1.54, 1.807) is 0 Å². The predicted octanol–water partition coefficient (Wildman–Crippen LogP) is 0.647. The van der Waals surface area contributed by atoms with Gasteiger partial charge in [0.2, 0.25) is 0 Å². The van der Waals surface area contributed by atoms with Crippen LogP contribution >= 0.6 is 0 Å². The number of ether oxygens (including phenoxy) is 2. The number of nitrogens with two attached hydrogens (primary N) is 1. The number of nitrogen functional groups attached to an aromatic ring is 1. The maximum absolute atomic E-state index is 11.6. The van der Waals surface area contributed by atoms with Gasteiger partial charge in [0.1, 0.15) is 0 Å². The van der Waals surface area contributed by atoms with Crippen molar-refractivity contribution in [3.63, 3.8) is 0 Å². The summed E-state index contributed by atoms with van der Waals surface area (Å²) in [5, 5.41) is 0. The summed E-state index contributed by atoms with van der Waals surface area (Å²) in [6.07, 6.45) is 0. The Morgan fingerprint density at radius 3 is 2.82 bits per heavy atom. The van der Waals surface area contributed by atoms with Gasteiger partial charge in [-0.2, -0.15) is 0 Å². The molecule has 0 radical (unpaired) electrons. The fourth-order valence-corrected chi connectivity index (χ4v) is 1.91. The van der Waals surface area contributed by atoms with E-state index in [0.717, 1.165) is 5.69 Å². The van der Waals surface area contributed by atoms with Gasteiger partial charge in [-0.1, -0.05) is 0 Å². The molecule has 1 aromatic carbocycles. The number of carbonyl (C=O) groups excluding carboxylic acids is 1. The zero-order valence-corrected chi connectivity index (χ0v) is 9.76. The molecule has 5 nitrogen and oxygen atoms in total. The van der Waals surface area contributed by atoms with Gasteiger partial charge in [0, 0.05) is 17.9 Å². The van der Waals surface area contributed by atoms with Crippen LogP contribution < -0.4 is 10.6 Å². The third kappa shape index (κ3) is 2.50.